The normalized spacial score (nSPS) is 25.1. The molecule has 0 aromatic rings. The molecule has 0 bridgehead atoms. The third-order valence-electron chi connectivity index (χ3n) is 2.16. The second-order valence-corrected chi connectivity index (χ2v) is 3.19. The maximum Gasteiger partial charge on any atom is 0.332 e. The van der Waals surface area contributed by atoms with Gasteiger partial charge in [0.25, 0.3) is 5.91 Å². The van der Waals surface area contributed by atoms with E-state index in [2.05, 4.69) is 15.6 Å². The van der Waals surface area contributed by atoms with Crippen LogP contribution in [0.4, 0.5) is 0 Å². The molecule has 3 N–H and O–H groups in total. The fraction of sp³-hybridized carbons (Fsp3) is 0.750. The molecule has 7 nitrogen and oxygen atoms in total. The third-order valence-corrected chi connectivity index (χ3v) is 2.16. The molecule has 0 spiro atoms. The highest BCUT2D eigenvalue weighted by Crippen LogP contribution is 2.13. The van der Waals surface area contributed by atoms with Gasteiger partial charge in [-0.3, -0.25) is 9.63 Å². The maximum absolute atomic E-state index is 11.4. The summed E-state index contributed by atoms with van der Waals surface area (Å²) in [5, 5.41) is 11.2. The number of carbonyl (C=O) groups excluding carboxylic acids is 1. The molecule has 0 saturated carbocycles. The minimum Gasteiger partial charge on any atom is -0.479 e. The Morgan fingerprint density at radius 3 is 2.87 bits per heavy atom. The van der Waals surface area contributed by atoms with Crippen molar-refractivity contribution >= 4 is 11.9 Å². The summed E-state index contributed by atoms with van der Waals surface area (Å²) in [5.74, 6) is -1.85. The first-order chi connectivity index (χ1) is 7.15. The summed E-state index contributed by atoms with van der Waals surface area (Å²) in [6.45, 7) is 0.227. The van der Waals surface area contributed by atoms with Crippen LogP contribution in [0.5, 0.6) is 0 Å². The predicted molar refractivity (Wildman–Crippen MR) is 48.9 cm³/mol. The van der Waals surface area contributed by atoms with Gasteiger partial charge in [0.15, 0.2) is 6.61 Å². The van der Waals surface area contributed by atoms with E-state index in [1.807, 2.05) is 0 Å². The third kappa shape index (κ3) is 3.46. The molecule has 0 aromatic carbocycles. The van der Waals surface area contributed by atoms with Gasteiger partial charge in [-0.25, -0.2) is 10.3 Å². The van der Waals surface area contributed by atoms with E-state index in [1.54, 1.807) is 7.05 Å². The number of rotatable bonds is 5. The molecule has 1 rings (SSSR count). The number of amides is 1. The highest BCUT2D eigenvalue weighted by molar-refractivity contribution is 5.79. The Morgan fingerprint density at radius 2 is 2.27 bits per heavy atom. The number of carboxylic acid groups (broad SMARTS) is 1. The molecular weight excluding hydrogens is 204 g/mol. The number of hydroxylamine groups is 1. The number of carboxylic acids is 1. The fourth-order valence-electron chi connectivity index (χ4n) is 1.34. The van der Waals surface area contributed by atoms with Crippen LogP contribution in [0, 0.1) is 5.92 Å². The number of hydrogen-bond acceptors (Lipinski definition) is 5. The van der Waals surface area contributed by atoms with Crippen molar-refractivity contribution < 1.29 is 24.3 Å². The molecule has 1 heterocycles. The second-order valence-electron chi connectivity index (χ2n) is 3.19. The predicted octanol–water partition coefficient (Wildman–Crippen LogP) is -1.65. The number of ether oxygens (including phenoxy) is 1. The van der Waals surface area contributed by atoms with Gasteiger partial charge in [0.1, 0.15) is 0 Å². The Morgan fingerprint density at radius 1 is 1.53 bits per heavy atom. The van der Waals surface area contributed by atoms with E-state index < -0.39 is 12.6 Å². The van der Waals surface area contributed by atoms with Gasteiger partial charge in [0.2, 0.25) is 0 Å². The van der Waals surface area contributed by atoms with Crippen LogP contribution in [0.1, 0.15) is 0 Å². The van der Waals surface area contributed by atoms with Crippen molar-refractivity contribution in [3.05, 3.63) is 0 Å². The van der Waals surface area contributed by atoms with Crippen molar-refractivity contribution in [3.63, 3.8) is 0 Å². The van der Waals surface area contributed by atoms with E-state index in [9.17, 15) is 9.59 Å². The highest BCUT2D eigenvalue weighted by Gasteiger charge is 2.33. The van der Waals surface area contributed by atoms with E-state index in [4.69, 9.17) is 9.84 Å². The molecule has 1 fully saturated rings. The van der Waals surface area contributed by atoms with Crippen LogP contribution in [-0.2, 0) is 19.2 Å². The summed E-state index contributed by atoms with van der Waals surface area (Å²) in [7, 11) is 1.73. The molecule has 1 saturated heterocycles. The number of hydrogen-bond donors (Lipinski definition) is 3. The second kappa shape index (κ2) is 5.64. The minimum atomic E-state index is -1.14. The first kappa shape index (κ1) is 11.9. The van der Waals surface area contributed by atoms with Gasteiger partial charge in [0.05, 0.1) is 19.1 Å². The Labute approximate surface area is 86.7 Å². The van der Waals surface area contributed by atoms with E-state index in [1.165, 1.54) is 0 Å². The number of carbonyl (C=O) groups is 2. The maximum atomic E-state index is 11.4. The minimum absolute atomic E-state index is 0.0570. The van der Waals surface area contributed by atoms with E-state index in [0.29, 0.717) is 13.2 Å². The quantitative estimate of drug-likeness (QED) is 0.478. The number of likely N-dealkylation sites (N-methyl/N-ethyl adjacent to an activating group) is 1. The molecule has 0 radical (unpaired) electrons. The topological polar surface area (TPSA) is 96.9 Å². The lowest BCUT2D eigenvalue weighted by Gasteiger charge is -2.15. The van der Waals surface area contributed by atoms with Crippen molar-refractivity contribution in [2.24, 2.45) is 5.92 Å². The lowest BCUT2D eigenvalue weighted by atomic mass is 10.0. The van der Waals surface area contributed by atoms with Crippen molar-refractivity contribution in [2.45, 2.75) is 6.04 Å². The summed E-state index contributed by atoms with van der Waals surface area (Å²) in [6, 6.07) is -0.0570. The van der Waals surface area contributed by atoms with Crippen LogP contribution >= 0.6 is 0 Å². The summed E-state index contributed by atoms with van der Waals surface area (Å²) >= 11 is 0. The van der Waals surface area contributed by atoms with Crippen LogP contribution in [0.25, 0.3) is 0 Å². The zero-order chi connectivity index (χ0) is 11.3. The highest BCUT2D eigenvalue weighted by atomic mass is 16.7. The molecule has 2 atom stereocenters. The molecule has 7 heteroatoms. The molecule has 1 aliphatic rings. The van der Waals surface area contributed by atoms with Crippen LogP contribution in [0.3, 0.4) is 0 Å². The first-order valence-electron chi connectivity index (χ1n) is 4.53. The summed E-state index contributed by atoms with van der Waals surface area (Å²) in [4.78, 5) is 26.0. The van der Waals surface area contributed by atoms with Gasteiger partial charge in [-0.2, -0.15) is 0 Å². The van der Waals surface area contributed by atoms with Crippen molar-refractivity contribution in [3.8, 4) is 0 Å². The molecule has 0 aliphatic carbocycles. The molecule has 1 amide bonds. The molecule has 86 valence electrons. The Kier molecular flexibility index (Phi) is 4.47. The first-order valence-corrected chi connectivity index (χ1v) is 4.53. The van der Waals surface area contributed by atoms with Gasteiger partial charge in [0, 0.05) is 6.04 Å². The average molecular weight is 218 g/mol. The zero-order valence-corrected chi connectivity index (χ0v) is 8.36. The summed E-state index contributed by atoms with van der Waals surface area (Å²) in [5.41, 5.74) is 2.08. The van der Waals surface area contributed by atoms with Gasteiger partial charge >= 0.3 is 5.97 Å². The lowest BCUT2D eigenvalue weighted by Crippen LogP contribution is -2.43. The van der Waals surface area contributed by atoms with Crippen LogP contribution in [-0.4, -0.2) is 49.9 Å². The molecule has 2 unspecified atom stereocenters. The van der Waals surface area contributed by atoms with Crippen LogP contribution < -0.4 is 10.8 Å². The Balaban J connectivity index is 2.29. The molecule has 15 heavy (non-hydrogen) atoms. The van der Waals surface area contributed by atoms with Crippen LogP contribution in [0.2, 0.25) is 0 Å². The van der Waals surface area contributed by atoms with Crippen molar-refractivity contribution in [1.82, 2.24) is 10.8 Å². The molecule has 0 aromatic heterocycles. The van der Waals surface area contributed by atoms with E-state index in [-0.39, 0.29) is 17.9 Å². The van der Waals surface area contributed by atoms with Crippen molar-refractivity contribution in [1.29, 1.82) is 0 Å². The molecular formula is C8H14N2O5. The fourth-order valence-corrected chi connectivity index (χ4v) is 1.34. The zero-order valence-electron chi connectivity index (χ0n) is 8.36. The largest absolute Gasteiger partial charge is 0.479 e. The van der Waals surface area contributed by atoms with Gasteiger partial charge in [-0.1, -0.05) is 0 Å². The Bertz CT molecular complexity index is 245. The number of nitrogens with one attached hydrogen (secondary N) is 2. The van der Waals surface area contributed by atoms with Crippen molar-refractivity contribution in [2.75, 3.05) is 26.9 Å². The van der Waals surface area contributed by atoms with E-state index in [0.717, 1.165) is 0 Å². The van der Waals surface area contributed by atoms with Gasteiger partial charge in [-0.15, -0.1) is 0 Å². The smallest absolute Gasteiger partial charge is 0.332 e. The van der Waals surface area contributed by atoms with Gasteiger partial charge < -0.3 is 15.2 Å². The lowest BCUT2D eigenvalue weighted by molar-refractivity contribution is -0.150. The molecule has 1 aliphatic heterocycles. The van der Waals surface area contributed by atoms with E-state index >= 15 is 0 Å². The standard InChI is InChI=1S/C8H14N2O5/c1-9-6-3-14-2-5(6)8(13)10-15-4-7(11)12/h5-6,9H,2-4H2,1H3,(H,10,13)(H,11,12). The summed E-state index contributed by atoms with van der Waals surface area (Å²) in [6.07, 6.45) is 0. The summed E-state index contributed by atoms with van der Waals surface area (Å²) < 4.78 is 5.11. The SMILES string of the molecule is CNC1COCC1C(=O)NOCC(=O)O. The average Bonchev–Trinajstić information content (AvgIpc) is 2.64. The monoisotopic (exact) mass is 218 g/mol. The number of aliphatic carboxylic acids is 1. The Hall–Kier alpha value is -1.18. The van der Waals surface area contributed by atoms with Gasteiger partial charge in [-0.05, 0) is 7.05 Å². The van der Waals surface area contributed by atoms with Crippen LogP contribution in [0.15, 0.2) is 0 Å².